The number of halogens is 2. The molecule has 0 saturated heterocycles. The van der Waals surface area contributed by atoms with Gasteiger partial charge < -0.3 is 11.1 Å². The van der Waals surface area contributed by atoms with E-state index in [0.717, 1.165) is 28.3 Å². The average Bonchev–Trinajstić information content (AvgIpc) is 2.87. The summed E-state index contributed by atoms with van der Waals surface area (Å²) in [5.74, 6) is 0.562. The third-order valence-electron chi connectivity index (χ3n) is 4.04. The zero-order valence-corrected chi connectivity index (χ0v) is 15.1. The molecule has 0 unspecified atom stereocenters. The van der Waals surface area contributed by atoms with Gasteiger partial charge in [0.25, 0.3) is 0 Å². The summed E-state index contributed by atoms with van der Waals surface area (Å²) in [5, 5.41) is 8.33. The number of nitrogens with one attached hydrogen (secondary N) is 1. The second-order valence-corrected chi connectivity index (χ2v) is 6.63. The SMILES string of the molecule is CC(C)c1nn(C)c(Nc2ccccc2N)c1-c1ccc(F)cc1Cl. The Labute approximate surface area is 151 Å². The summed E-state index contributed by atoms with van der Waals surface area (Å²) in [4.78, 5) is 0. The van der Waals surface area contributed by atoms with Gasteiger partial charge >= 0.3 is 0 Å². The van der Waals surface area contributed by atoms with Crippen LogP contribution >= 0.6 is 11.6 Å². The molecule has 1 aromatic heterocycles. The van der Waals surface area contributed by atoms with Gasteiger partial charge in [0.15, 0.2) is 0 Å². The maximum Gasteiger partial charge on any atom is 0.136 e. The molecule has 0 amide bonds. The number of nitrogens with zero attached hydrogens (tertiary/aromatic N) is 2. The monoisotopic (exact) mass is 358 g/mol. The first kappa shape index (κ1) is 17.3. The van der Waals surface area contributed by atoms with Gasteiger partial charge in [-0.1, -0.05) is 37.6 Å². The summed E-state index contributed by atoms with van der Waals surface area (Å²) in [7, 11) is 1.86. The van der Waals surface area contributed by atoms with E-state index in [0.29, 0.717) is 10.7 Å². The van der Waals surface area contributed by atoms with E-state index in [4.69, 9.17) is 17.3 Å². The van der Waals surface area contributed by atoms with Gasteiger partial charge in [0.05, 0.1) is 22.1 Å². The molecule has 3 rings (SSSR count). The minimum atomic E-state index is -0.370. The molecule has 0 radical (unpaired) electrons. The Balaban J connectivity index is 2.20. The third kappa shape index (κ3) is 3.33. The maximum atomic E-state index is 13.5. The smallest absolute Gasteiger partial charge is 0.136 e. The molecule has 4 nitrogen and oxygen atoms in total. The van der Waals surface area contributed by atoms with Crippen LogP contribution in [0.25, 0.3) is 11.1 Å². The highest BCUT2D eigenvalue weighted by Crippen LogP contribution is 2.40. The summed E-state index contributed by atoms with van der Waals surface area (Å²) in [6.45, 7) is 4.12. The zero-order valence-electron chi connectivity index (χ0n) is 14.3. The molecule has 0 spiro atoms. The molecule has 0 atom stereocenters. The largest absolute Gasteiger partial charge is 0.397 e. The van der Waals surface area contributed by atoms with Crippen molar-refractivity contribution >= 4 is 28.8 Å². The Morgan fingerprint density at radius 2 is 1.92 bits per heavy atom. The molecule has 1 heterocycles. The van der Waals surface area contributed by atoms with Crippen molar-refractivity contribution in [2.24, 2.45) is 7.05 Å². The number of hydrogen-bond donors (Lipinski definition) is 2. The third-order valence-corrected chi connectivity index (χ3v) is 4.35. The number of aromatic nitrogens is 2. The normalized spacial score (nSPS) is 11.1. The minimum Gasteiger partial charge on any atom is -0.397 e. The van der Waals surface area contributed by atoms with E-state index in [1.807, 2.05) is 31.3 Å². The van der Waals surface area contributed by atoms with Crippen LogP contribution in [0.2, 0.25) is 5.02 Å². The van der Waals surface area contributed by atoms with Crippen LogP contribution in [0, 0.1) is 5.82 Å². The molecule has 0 aliphatic heterocycles. The first-order chi connectivity index (χ1) is 11.9. The van der Waals surface area contributed by atoms with E-state index >= 15 is 0 Å². The standard InChI is InChI=1S/C19H20ClFN4/c1-11(2)18-17(13-9-8-12(21)10-14(13)20)19(25(3)24-18)23-16-7-5-4-6-15(16)22/h4-11,23H,22H2,1-3H3. The highest BCUT2D eigenvalue weighted by molar-refractivity contribution is 6.33. The van der Waals surface area contributed by atoms with Gasteiger partial charge in [0, 0.05) is 18.2 Å². The van der Waals surface area contributed by atoms with Gasteiger partial charge in [0.1, 0.15) is 11.6 Å². The number of aryl methyl sites for hydroxylation is 1. The van der Waals surface area contributed by atoms with E-state index in [1.54, 1.807) is 10.7 Å². The van der Waals surface area contributed by atoms with Crippen LogP contribution in [0.5, 0.6) is 0 Å². The predicted molar refractivity (Wildman–Crippen MR) is 102 cm³/mol. The lowest BCUT2D eigenvalue weighted by molar-refractivity contribution is 0.628. The van der Waals surface area contributed by atoms with Crippen molar-refractivity contribution in [2.45, 2.75) is 19.8 Å². The van der Waals surface area contributed by atoms with Crippen LogP contribution < -0.4 is 11.1 Å². The molecule has 3 N–H and O–H groups in total. The van der Waals surface area contributed by atoms with E-state index < -0.39 is 0 Å². The van der Waals surface area contributed by atoms with E-state index in [9.17, 15) is 4.39 Å². The van der Waals surface area contributed by atoms with E-state index in [1.165, 1.54) is 12.1 Å². The van der Waals surface area contributed by atoms with Gasteiger partial charge in [0.2, 0.25) is 0 Å². The first-order valence-corrected chi connectivity index (χ1v) is 8.40. The van der Waals surface area contributed by atoms with Crippen LogP contribution in [0.1, 0.15) is 25.5 Å². The summed E-state index contributed by atoms with van der Waals surface area (Å²) in [6.07, 6.45) is 0. The van der Waals surface area contributed by atoms with Crippen LogP contribution in [-0.4, -0.2) is 9.78 Å². The lowest BCUT2D eigenvalue weighted by Crippen LogP contribution is -2.02. The number of anilines is 3. The molecule has 0 aliphatic carbocycles. The Bertz CT molecular complexity index is 918. The summed E-state index contributed by atoms with van der Waals surface area (Å²) >= 11 is 6.33. The van der Waals surface area contributed by atoms with Gasteiger partial charge in [-0.3, -0.25) is 4.68 Å². The average molecular weight is 359 g/mol. The van der Waals surface area contributed by atoms with Crippen LogP contribution in [0.4, 0.5) is 21.6 Å². The topological polar surface area (TPSA) is 55.9 Å². The van der Waals surface area contributed by atoms with E-state index in [-0.39, 0.29) is 11.7 Å². The molecule has 0 aliphatic rings. The molecule has 3 aromatic rings. The van der Waals surface area contributed by atoms with Crippen LogP contribution in [-0.2, 0) is 7.05 Å². The van der Waals surface area contributed by atoms with Crippen molar-refractivity contribution in [2.75, 3.05) is 11.1 Å². The van der Waals surface area contributed by atoms with Crippen LogP contribution in [0.15, 0.2) is 42.5 Å². The van der Waals surface area contributed by atoms with Crippen molar-refractivity contribution in [1.82, 2.24) is 9.78 Å². The van der Waals surface area contributed by atoms with Gasteiger partial charge in [-0.15, -0.1) is 0 Å². The fourth-order valence-corrected chi connectivity index (χ4v) is 3.05. The quantitative estimate of drug-likeness (QED) is 0.620. The number of hydrogen-bond acceptors (Lipinski definition) is 3. The highest BCUT2D eigenvalue weighted by Gasteiger charge is 2.22. The summed E-state index contributed by atoms with van der Waals surface area (Å²) < 4.78 is 15.3. The fraction of sp³-hybridized carbons (Fsp3) is 0.211. The maximum absolute atomic E-state index is 13.5. The van der Waals surface area contributed by atoms with Crippen molar-refractivity contribution in [3.05, 3.63) is 59.0 Å². The molecule has 0 saturated carbocycles. The summed E-state index contributed by atoms with van der Waals surface area (Å²) in [6, 6.07) is 11.9. The lowest BCUT2D eigenvalue weighted by atomic mass is 9.99. The highest BCUT2D eigenvalue weighted by atomic mass is 35.5. The van der Waals surface area contributed by atoms with Crippen molar-refractivity contribution < 1.29 is 4.39 Å². The number of nitrogens with two attached hydrogens (primary N) is 1. The Morgan fingerprint density at radius 3 is 2.56 bits per heavy atom. The zero-order chi connectivity index (χ0) is 18.1. The molecule has 25 heavy (non-hydrogen) atoms. The molecule has 2 aromatic carbocycles. The number of rotatable bonds is 4. The molecular weight excluding hydrogens is 339 g/mol. The number of benzene rings is 2. The predicted octanol–water partition coefficient (Wildman–Crippen LogP) is 5.33. The molecule has 0 bridgehead atoms. The summed E-state index contributed by atoms with van der Waals surface area (Å²) in [5.41, 5.74) is 9.93. The molecule has 0 fully saturated rings. The number of para-hydroxylation sites is 2. The van der Waals surface area contributed by atoms with Crippen molar-refractivity contribution in [3.63, 3.8) is 0 Å². The minimum absolute atomic E-state index is 0.172. The Morgan fingerprint density at radius 1 is 1.20 bits per heavy atom. The van der Waals surface area contributed by atoms with Crippen molar-refractivity contribution in [3.8, 4) is 11.1 Å². The van der Waals surface area contributed by atoms with Gasteiger partial charge in [-0.25, -0.2) is 4.39 Å². The fourth-order valence-electron chi connectivity index (χ4n) is 2.79. The molecular formula is C19H20ClFN4. The number of nitrogen functional groups attached to an aromatic ring is 1. The van der Waals surface area contributed by atoms with Gasteiger partial charge in [-0.2, -0.15) is 5.10 Å². The molecule has 130 valence electrons. The van der Waals surface area contributed by atoms with Crippen LogP contribution in [0.3, 0.4) is 0 Å². The van der Waals surface area contributed by atoms with E-state index in [2.05, 4.69) is 24.3 Å². The van der Waals surface area contributed by atoms with Gasteiger partial charge in [-0.05, 0) is 36.2 Å². The second kappa shape index (κ2) is 6.76. The Kier molecular flexibility index (Phi) is 4.68. The lowest BCUT2D eigenvalue weighted by Gasteiger charge is -2.14. The molecule has 6 heteroatoms. The van der Waals surface area contributed by atoms with Crippen molar-refractivity contribution in [1.29, 1.82) is 0 Å². The Hall–Kier alpha value is -2.53. The second-order valence-electron chi connectivity index (χ2n) is 6.22. The first-order valence-electron chi connectivity index (χ1n) is 8.02.